The van der Waals surface area contributed by atoms with Crippen molar-refractivity contribution < 1.29 is 14.0 Å². The van der Waals surface area contributed by atoms with Crippen LogP contribution in [0.4, 0.5) is 0 Å². The number of aryl methyl sites for hydroxylation is 2. The van der Waals surface area contributed by atoms with Crippen LogP contribution in [-0.2, 0) is 9.59 Å². The summed E-state index contributed by atoms with van der Waals surface area (Å²) in [6.07, 6.45) is 0. The molecule has 0 radical (unpaired) electrons. The van der Waals surface area contributed by atoms with Crippen LogP contribution in [0.2, 0.25) is 0 Å². The summed E-state index contributed by atoms with van der Waals surface area (Å²) in [7, 11) is 3.50. The minimum absolute atomic E-state index is 0.0412. The van der Waals surface area contributed by atoms with E-state index in [1.165, 1.54) is 17.3 Å². The second-order valence-corrected chi connectivity index (χ2v) is 8.33. The lowest BCUT2D eigenvalue weighted by Gasteiger charge is -2.34. The molecule has 1 aromatic carbocycles. The number of carbonyl (C=O) groups excluding carboxylic acids is 2. The van der Waals surface area contributed by atoms with E-state index < -0.39 is 0 Å². The van der Waals surface area contributed by atoms with E-state index in [9.17, 15) is 9.59 Å². The van der Waals surface area contributed by atoms with E-state index in [1.807, 2.05) is 30.0 Å². The Morgan fingerprint density at radius 3 is 2.48 bits per heavy atom. The van der Waals surface area contributed by atoms with Crippen LogP contribution in [0.25, 0.3) is 11.5 Å². The number of amides is 2. The summed E-state index contributed by atoms with van der Waals surface area (Å²) in [5, 5.41) is 8.53. The number of rotatable bonds is 6. The lowest BCUT2D eigenvalue weighted by Crippen LogP contribution is -2.51. The molecule has 2 amide bonds. The van der Waals surface area contributed by atoms with E-state index in [0.29, 0.717) is 43.8 Å². The second-order valence-electron chi connectivity index (χ2n) is 7.41. The number of likely N-dealkylation sites (N-methyl/N-ethyl adjacent to an activating group) is 1. The van der Waals surface area contributed by atoms with Crippen molar-refractivity contribution in [1.82, 2.24) is 24.9 Å². The summed E-state index contributed by atoms with van der Waals surface area (Å²) in [4.78, 5) is 29.8. The maximum Gasteiger partial charge on any atom is 0.277 e. The van der Waals surface area contributed by atoms with Gasteiger partial charge in [-0.25, -0.2) is 0 Å². The molecule has 0 N–H and O–H groups in total. The van der Waals surface area contributed by atoms with Crippen molar-refractivity contribution in [3.05, 3.63) is 29.3 Å². The Balaban J connectivity index is 1.47. The molecule has 156 valence electrons. The molecule has 9 heteroatoms. The molecule has 3 rings (SSSR count). The predicted molar refractivity (Wildman–Crippen MR) is 112 cm³/mol. The quantitative estimate of drug-likeness (QED) is 0.661. The van der Waals surface area contributed by atoms with Crippen molar-refractivity contribution in [2.24, 2.45) is 0 Å². The van der Waals surface area contributed by atoms with Crippen LogP contribution in [0.3, 0.4) is 0 Å². The first-order valence-electron chi connectivity index (χ1n) is 9.57. The van der Waals surface area contributed by atoms with Crippen molar-refractivity contribution in [2.45, 2.75) is 19.1 Å². The van der Waals surface area contributed by atoms with E-state index in [0.717, 1.165) is 11.1 Å². The number of carbonyl (C=O) groups is 2. The van der Waals surface area contributed by atoms with E-state index in [1.54, 1.807) is 19.0 Å². The molecule has 0 atom stereocenters. The fourth-order valence-corrected chi connectivity index (χ4v) is 3.63. The molecular weight excluding hydrogens is 390 g/mol. The van der Waals surface area contributed by atoms with E-state index in [2.05, 4.69) is 22.0 Å². The molecule has 1 aliphatic rings. The van der Waals surface area contributed by atoms with Crippen LogP contribution in [0, 0.1) is 13.8 Å². The van der Waals surface area contributed by atoms with Gasteiger partial charge in [0.15, 0.2) is 0 Å². The van der Waals surface area contributed by atoms with Crippen LogP contribution in [0.15, 0.2) is 27.8 Å². The Hall–Kier alpha value is -2.39. The summed E-state index contributed by atoms with van der Waals surface area (Å²) in [6, 6.07) is 6.00. The van der Waals surface area contributed by atoms with Gasteiger partial charge in [-0.2, -0.15) is 0 Å². The van der Waals surface area contributed by atoms with Crippen molar-refractivity contribution in [1.29, 1.82) is 0 Å². The average Bonchev–Trinajstić information content (AvgIpc) is 3.17. The number of piperazine rings is 1. The first kappa shape index (κ1) is 21.3. The van der Waals surface area contributed by atoms with Crippen molar-refractivity contribution in [3.8, 4) is 11.5 Å². The van der Waals surface area contributed by atoms with Crippen molar-refractivity contribution in [2.75, 3.05) is 52.6 Å². The Morgan fingerprint density at radius 1 is 1.10 bits per heavy atom. The maximum atomic E-state index is 12.5. The highest BCUT2D eigenvalue weighted by atomic mass is 32.2. The third-order valence-corrected chi connectivity index (χ3v) is 5.87. The average molecular weight is 418 g/mol. The predicted octanol–water partition coefficient (Wildman–Crippen LogP) is 1.68. The van der Waals surface area contributed by atoms with Gasteiger partial charge in [-0.1, -0.05) is 17.8 Å². The summed E-state index contributed by atoms with van der Waals surface area (Å²) in [5.41, 5.74) is 3.25. The van der Waals surface area contributed by atoms with E-state index in [-0.39, 0.29) is 17.6 Å². The smallest absolute Gasteiger partial charge is 0.277 e. The molecule has 1 saturated heterocycles. The van der Waals surface area contributed by atoms with Gasteiger partial charge in [-0.3, -0.25) is 14.5 Å². The molecule has 2 heterocycles. The van der Waals surface area contributed by atoms with Gasteiger partial charge in [-0.05, 0) is 37.1 Å². The van der Waals surface area contributed by atoms with Gasteiger partial charge in [0, 0.05) is 45.8 Å². The van der Waals surface area contributed by atoms with Gasteiger partial charge in [0.05, 0.1) is 12.3 Å². The molecule has 2 aromatic rings. The molecule has 1 aliphatic heterocycles. The zero-order chi connectivity index (χ0) is 21.0. The van der Waals surface area contributed by atoms with E-state index >= 15 is 0 Å². The molecule has 0 bridgehead atoms. The highest BCUT2D eigenvalue weighted by molar-refractivity contribution is 7.99. The Morgan fingerprint density at radius 2 is 1.83 bits per heavy atom. The van der Waals surface area contributed by atoms with E-state index in [4.69, 9.17) is 4.42 Å². The molecule has 29 heavy (non-hydrogen) atoms. The third kappa shape index (κ3) is 5.57. The molecule has 0 spiro atoms. The summed E-state index contributed by atoms with van der Waals surface area (Å²) >= 11 is 1.25. The standard InChI is InChI=1S/C20H27N5O3S/c1-14-5-6-16(11-15(14)2)19-21-22-20(28-19)29-13-18(27)25-9-7-24(8-10-25)12-17(26)23(3)4/h5-6,11H,7-10,12-13H2,1-4H3. The number of hydrogen-bond acceptors (Lipinski definition) is 7. The number of benzene rings is 1. The van der Waals surface area contributed by atoms with Crippen LogP contribution in [0.5, 0.6) is 0 Å². The molecule has 1 fully saturated rings. The van der Waals surface area contributed by atoms with Gasteiger partial charge >= 0.3 is 0 Å². The summed E-state index contributed by atoms with van der Waals surface area (Å²) < 4.78 is 5.71. The zero-order valence-electron chi connectivity index (χ0n) is 17.3. The largest absolute Gasteiger partial charge is 0.411 e. The molecule has 8 nitrogen and oxygen atoms in total. The van der Waals surface area contributed by atoms with Gasteiger partial charge < -0.3 is 14.2 Å². The minimum Gasteiger partial charge on any atom is -0.411 e. The van der Waals surface area contributed by atoms with Crippen LogP contribution in [0.1, 0.15) is 11.1 Å². The fourth-order valence-electron chi connectivity index (χ4n) is 2.96. The number of nitrogens with zero attached hydrogens (tertiary/aromatic N) is 5. The molecular formula is C20H27N5O3S. The lowest BCUT2D eigenvalue weighted by molar-refractivity contribution is -0.132. The topological polar surface area (TPSA) is 82.8 Å². The normalized spacial score (nSPS) is 14.8. The highest BCUT2D eigenvalue weighted by Gasteiger charge is 2.23. The number of thioether (sulfide) groups is 1. The first-order valence-corrected chi connectivity index (χ1v) is 10.6. The second kappa shape index (κ2) is 9.41. The highest BCUT2D eigenvalue weighted by Crippen LogP contribution is 2.25. The van der Waals surface area contributed by atoms with Gasteiger partial charge in [-0.15, -0.1) is 10.2 Å². The maximum absolute atomic E-state index is 12.5. The molecule has 0 saturated carbocycles. The van der Waals surface area contributed by atoms with Gasteiger partial charge in [0.1, 0.15) is 0 Å². The Bertz CT molecular complexity index is 875. The molecule has 0 unspecified atom stereocenters. The first-order chi connectivity index (χ1) is 13.8. The number of aromatic nitrogens is 2. The number of hydrogen-bond donors (Lipinski definition) is 0. The zero-order valence-corrected chi connectivity index (χ0v) is 18.2. The van der Waals surface area contributed by atoms with Gasteiger partial charge in [0.2, 0.25) is 17.7 Å². The Labute approximate surface area is 175 Å². The third-order valence-electron chi connectivity index (χ3n) is 5.06. The SMILES string of the molecule is Cc1ccc(-c2nnc(SCC(=O)N3CCN(CC(=O)N(C)C)CC3)o2)cc1C. The van der Waals surface area contributed by atoms with Crippen molar-refractivity contribution in [3.63, 3.8) is 0 Å². The van der Waals surface area contributed by atoms with Crippen LogP contribution >= 0.6 is 11.8 Å². The van der Waals surface area contributed by atoms with Crippen LogP contribution in [-0.4, -0.2) is 89.3 Å². The molecule has 0 aliphatic carbocycles. The monoisotopic (exact) mass is 417 g/mol. The molecule has 1 aromatic heterocycles. The summed E-state index contributed by atoms with van der Waals surface area (Å²) in [5.74, 6) is 0.837. The minimum atomic E-state index is 0.0412. The van der Waals surface area contributed by atoms with Crippen LogP contribution < -0.4 is 0 Å². The lowest BCUT2D eigenvalue weighted by atomic mass is 10.1. The Kier molecular flexibility index (Phi) is 6.92. The summed E-state index contributed by atoms with van der Waals surface area (Å²) in [6.45, 7) is 7.14. The fraction of sp³-hybridized carbons (Fsp3) is 0.500. The van der Waals surface area contributed by atoms with Crippen molar-refractivity contribution >= 4 is 23.6 Å². The van der Waals surface area contributed by atoms with Gasteiger partial charge in [0.25, 0.3) is 5.22 Å².